The lowest BCUT2D eigenvalue weighted by Crippen LogP contribution is -2.24. The molecule has 1 atom stereocenters. The number of ether oxygens (including phenoxy) is 1. The van der Waals surface area contributed by atoms with Crippen LogP contribution in [0.5, 0.6) is 0 Å². The number of alkyl halides is 3. The van der Waals surface area contributed by atoms with Crippen LogP contribution in [0, 0.1) is 5.92 Å². The second kappa shape index (κ2) is 7.18. The summed E-state index contributed by atoms with van der Waals surface area (Å²) < 4.78 is 39.9. The maximum atomic E-state index is 11.8. The third-order valence-corrected chi connectivity index (χ3v) is 2.97. The molecule has 0 aromatic heterocycles. The molecule has 3 nitrogen and oxygen atoms in total. The summed E-state index contributed by atoms with van der Waals surface area (Å²) in [5.74, 6) is 0.663. The molecular formula is C11H21F3N2O. The minimum atomic E-state index is -4.21. The van der Waals surface area contributed by atoms with Gasteiger partial charge in [0.2, 0.25) is 0 Å². The van der Waals surface area contributed by atoms with E-state index in [1.807, 2.05) is 0 Å². The molecule has 1 saturated heterocycles. The van der Waals surface area contributed by atoms with Crippen molar-refractivity contribution >= 4 is 0 Å². The minimum Gasteiger partial charge on any atom is -0.372 e. The Bertz CT molecular complexity index is 211. The van der Waals surface area contributed by atoms with Gasteiger partial charge in [-0.25, -0.2) is 0 Å². The molecule has 1 aliphatic rings. The van der Waals surface area contributed by atoms with E-state index >= 15 is 0 Å². The molecule has 102 valence electrons. The van der Waals surface area contributed by atoms with E-state index in [0.29, 0.717) is 18.9 Å². The molecule has 0 bridgehead atoms. The molecule has 1 aliphatic heterocycles. The lowest BCUT2D eigenvalue weighted by atomic mass is 10.1. The van der Waals surface area contributed by atoms with Crippen molar-refractivity contribution < 1.29 is 17.9 Å². The number of halogens is 3. The summed E-state index contributed by atoms with van der Waals surface area (Å²) in [6.07, 6.45) is -1.35. The van der Waals surface area contributed by atoms with Crippen molar-refractivity contribution in [2.24, 2.45) is 11.7 Å². The topological polar surface area (TPSA) is 38.5 Å². The smallest absolute Gasteiger partial charge is 0.372 e. The maximum Gasteiger partial charge on any atom is 0.411 e. The van der Waals surface area contributed by atoms with Crippen LogP contribution < -0.4 is 5.73 Å². The van der Waals surface area contributed by atoms with Crippen LogP contribution in [-0.4, -0.2) is 50.5 Å². The first-order chi connectivity index (χ1) is 8.01. The van der Waals surface area contributed by atoms with Gasteiger partial charge in [-0.15, -0.1) is 0 Å². The Balaban J connectivity index is 1.97. The highest BCUT2D eigenvalue weighted by atomic mass is 19.4. The molecule has 1 unspecified atom stereocenters. The zero-order valence-corrected chi connectivity index (χ0v) is 10.0. The van der Waals surface area contributed by atoms with Crippen molar-refractivity contribution in [3.05, 3.63) is 0 Å². The molecule has 0 aliphatic carbocycles. The van der Waals surface area contributed by atoms with Gasteiger partial charge in [0.05, 0.1) is 0 Å². The second-order valence-electron chi connectivity index (χ2n) is 4.55. The molecule has 0 saturated carbocycles. The Morgan fingerprint density at radius 2 is 2.12 bits per heavy atom. The van der Waals surface area contributed by atoms with Gasteiger partial charge in [0.25, 0.3) is 0 Å². The summed E-state index contributed by atoms with van der Waals surface area (Å²) in [6.45, 7) is 2.63. The molecule has 2 N–H and O–H groups in total. The monoisotopic (exact) mass is 254 g/mol. The third kappa shape index (κ3) is 6.85. The first-order valence-corrected chi connectivity index (χ1v) is 6.08. The van der Waals surface area contributed by atoms with Crippen LogP contribution in [0.4, 0.5) is 13.2 Å². The molecule has 0 amide bonds. The van der Waals surface area contributed by atoms with E-state index in [1.54, 1.807) is 0 Å². The summed E-state index contributed by atoms with van der Waals surface area (Å²) in [4.78, 5) is 2.28. The standard InChI is InChI=1S/C11H21F3N2O/c12-11(13,14)9-17-7-1-5-16-6-3-10(8-16)2-4-15/h10H,1-9,15H2. The van der Waals surface area contributed by atoms with Crippen LogP contribution in [0.15, 0.2) is 0 Å². The number of hydrogen-bond acceptors (Lipinski definition) is 3. The molecule has 0 radical (unpaired) electrons. The quantitative estimate of drug-likeness (QED) is 0.702. The highest BCUT2D eigenvalue weighted by molar-refractivity contribution is 4.75. The first kappa shape index (κ1) is 14.7. The average molecular weight is 254 g/mol. The molecule has 0 spiro atoms. The van der Waals surface area contributed by atoms with E-state index in [4.69, 9.17) is 5.73 Å². The van der Waals surface area contributed by atoms with Crippen molar-refractivity contribution in [3.8, 4) is 0 Å². The molecular weight excluding hydrogens is 233 g/mol. The Morgan fingerprint density at radius 1 is 1.35 bits per heavy atom. The molecule has 1 heterocycles. The maximum absolute atomic E-state index is 11.8. The van der Waals surface area contributed by atoms with Gasteiger partial charge in [-0.05, 0) is 38.3 Å². The third-order valence-electron chi connectivity index (χ3n) is 2.97. The molecule has 0 aromatic carbocycles. The van der Waals surface area contributed by atoms with Crippen LogP contribution in [-0.2, 0) is 4.74 Å². The van der Waals surface area contributed by atoms with Crippen LogP contribution in [0.3, 0.4) is 0 Å². The van der Waals surface area contributed by atoms with Crippen molar-refractivity contribution in [2.45, 2.75) is 25.4 Å². The largest absolute Gasteiger partial charge is 0.411 e. The lowest BCUT2D eigenvalue weighted by Gasteiger charge is -2.15. The average Bonchev–Trinajstić information content (AvgIpc) is 2.64. The Hall–Kier alpha value is -0.330. The Morgan fingerprint density at radius 3 is 2.76 bits per heavy atom. The van der Waals surface area contributed by atoms with Crippen LogP contribution in [0.25, 0.3) is 0 Å². The van der Waals surface area contributed by atoms with Gasteiger partial charge in [0.15, 0.2) is 0 Å². The SMILES string of the molecule is NCCC1CCN(CCCOCC(F)(F)F)C1. The van der Waals surface area contributed by atoms with E-state index in [2.05, 4.69) is 9.64 Å². The number of nitrogens with two attached hydrogens (primary N) is 1. The normalized spacial score (nSPS) is 22.2. The van der Waals surface area contributed by atoms with Gasteiger partial charge in [-0.3, -0.25) is 0 Å². The van der Waals surface area contributed by atoms with E-state index in [1.165, 1.54) is 0 Å². The summed E-state index contributed by atoms with van der Waals surface area (Å²) in [5, 5.41) is 0. The highest BCUT2D eigenvalue weighted by Gasteiger charge is 2.27. The van der Waals surface area contributed by atoms with E-state index in [-0.39, 0.29) is 6.61 Å². The molecule has 17 heavy (non-hydrogen) atoms. The summed E-state index contributed by atoms with van der Waals surface area (Å²) in [5.41, 5.74) is 5.49. The fraction of sp³-hybridized carbons (Fsp3) is 1.00. The predicted molar refractivity (Wildman–Crippen MR) is 59.7 cm³/mol. The van der Waals surface area contributed by atoms with Gasteiger partial charge in [0.1, 0.15) is 6.61 Å². The minimum absolute atomic E-state index is 0.178. The number of hydrogen-bond donors (Lipinski definition) is 1. The summed E-state index contributed by atoms with van der Waals surface area (Å²) in [7, 11) is 0. The Kier molecular flexibility index (Phi) is 6.22. The van der Waals surface area contributed by atoms with Crippen LogP contribution in [0.1, 0.15) is 19.3 Å². The summed E-state index contributed by atoms with van der Waals surface area (Å²) >= 11 is 0. The number of likely N-dealkylation sites (tertiary alicyclic amines) is 1. The van der Waals surface area contributed by atoms with E-state index in [9.17, 15) is 13.2 Å². The zero-order valence-electron chi connectivity index (χ0n) is 10.0. The molecule has 6 heteroatoms. The summed E-state index contributed by atoms with van der Waals surface area (Å²) in [6, 6.07) is 0. The Labute approximate surface area is 100 Å². The van der Waals surface area contributed by atoms with Gasteiger partial charge in [0, 0.05) is 19.7 Å². The van der Waals surface area contributed by atoms with Gasteiger partial charge >= 0.3 is 6.18 Å². The number of rotatable bonds is 7. The van der Waals surface area contributed by atoms with Crippen LogP contribution >= 0.6 is 0 Å². The molecule has 1 fully saturated rings. The van der Waals surface area contributed by atoms with Crippen LogP contribution in [0.2, 0.25) is 0 Å². The van der Waals surface area contributed by atoms with E-state index < -0.39 is 12.8 Å². The lowest BCUT2D eigenvalue weighted by molar-refractivity contribution is -0.174. The molecule has 1 rings (SSSR count). The zero-order chi connectivity index (χ0) is 12.7. The fourth-order valence-corrected chi connectivity index (χ4v) is 2.17. The number of nitrogens with zero attached hydrogens (tertiary/aromatic N) is 1. The van der Waals surface area contributed by atoms with E-state index in [0.717, 1.165) is 32.5 Å². The second-order valence-corrected chi connectivity index (χ2v) is 4.55. The van der Waals surface area contributed by atoms with Crippen molar-refractivity contribution in [1.29, 1.82) is 0 Å². The van der Waals surface area contributed by atoms with Gasteiger partial charge in [-0.2, -0.15) is 13.2 Å². The first-order valence-electron chi connectivity index (χ1n) is 6.08. The van der Waals surface area contributed by atoms with Crippen molar-refractivity contribution in [3.63, 3.8) is 0 Å². The predicted octanol–water partition coefficient (Wildman–Crippen LogP) is 1.63. The van der Waals surface area contributed by atoms with Crippen molar-refractivity contribution in [1.82, 2.24) is 4.90 Å². The van der Waals surface area contributed by atoms with Gasteiger partial charge < -0.3 is 15.4 Å². The van der Waals surface area contributed by atoms with Crippen molar-refractivity contribution in [2.75, 3.05) is 39.4 Å². The fourth-order valence-electron chi connectivity index (χ4n) is 2.17. The molecule has 0 aromatic rings. The van der Waals surface area contributed by atoms with Gasteiger partial charge in [-0.1, -0.05) is 0 Å². The highest BCUT2D eigenvalue weighted by Crippen LogP contribution is 2.19.